The second kappa shape index (κ2) is 5.29. The van der Waals surface area contributed by atoms with Gasteiger partial charge in [-0.3, -0.25) is 0 Å². The third kappa shape index (κ3) is 3.33. The van der Waals surface area contributed by atoms with Crippen LogP contribution < -0.4 is 5.32 Å². The molecule has 7 heteroatoms. The zero-order valence-electron chi connectivity index (χ0n) is 8.28. The summed E-state index contributed by atoms with van der Waals surface area (Å²) in [5, 5.41) is 12.5. The molecule has 15 heavy (non-hydrogen) atoms. The van der Waals surface area contributed by atoms with Gasteiger partial charge in [0.2, 0.25) is 0 Å². The molecular weight excluding hydrogens is 240 g/mol. The Morgan fingerprint density at radius 2 is 2.47 bits per heavy atom. The van der Waals surface area contributed by atoms with Crippen molar-refractivity contribution in [3.05, 3.63) is 10.0 Å². The number of carbonyl (C=O) groups is 1. The summed E-state index contributed by atoms with van der Waals surface area (Å²) in [6.07, 6.45) is -0.491. The molecule has 0 amide bonds. The molecule has 1 atom stereocenters. The summed E-state index contributed by atoms with van der Waals surface area (Å²) in [7, 11) is 1.28. The lowest BCUT2D eigenvalue weighted by Gasteiger charge is -2.03. The number of halogens is 1. The number of anilines is 1. The molecule has 0 aliphatic heterocycles. The Morgan fingerprint density at radius 3 is 3.00 bits per heavy atom. The van der Waals surface area contributed by atoms with Gasteiger partial charge in [0, 0.05) is 6.54 Å². The number of ether oxygens (including phenoxy) is 1. The second-order valence-electron chi connectivity index (χ2n) is 2.86. The zero-order valence-corrected chi connectivity index (χ0v) is 9.85. The molecule has 0 aliphatic carbocycles. The van der Waals surface area contributed by atoms with E-state index < -0.39 is 12.1 Å². The third-order valence-electron chi connectivity index (χ3n) is 1.51. The number of carbonyl (C=O) groups excluding carboxylic acids is 1. The third-order valence-corrected chi connectivity index (χ3v) is 2.88. The van der Waals surface area contributed by atoms with Crippen LogP contribution in [0.2, 0.25) is 5.15 Å². The highest BCUT2D eigenvalue weighted by molar-refractivity contribution is 7.18. The second-order valence-corrected chi connectivity index (χ2v) is 4.22. The van der Waals surface area contributed by atoms with Crippen molar-refractivity contribution in [2.75, 3.05) is 19.0 Å². The molecule has 1 heterocycles. The van der Waals surface area contributed by atoms with E-state index in [1.807, 2.05) is 0 Å². The lowest BCUT2D eigenvalue weighted by Crippen LogP contribution is -2.14. The predicted octanol–water partition coefficient (Wildman–Crippen LogP) is 1.38. The van der Waals surface area contributed by atoms with Crippen LogP contribution in [0.5, 0.6) is 0 Å². The van der Waals surface area contributed by atoms with Crippen molar-refractivity contribution in [3.8, 4) is 0 Å². The Hall–Kier alpha value is -0.850. The van der Waals surface area contributed by atoms with E-state index in [1.165, 1.54) is 7.11 Å². The van der Waals surface area contributed by atoms with Crippen LogP contribution in [0.4, 0.5) is 5.13 Å². The SMILES string of the molecule is COC(=O)c1sc(NCC(C)O)nc1Cl. The minimum atomic E-state index is -0.511. The fraction of sp³-hybridized carbons (Fsp3) is 0.500. The Morgan fingerprint density at radius 1 is 1.80 bits per heavy atom. The fourth-order valence-electron chi connectivity index (χ4n) is 0.831. The molecule has 0 spiro atoms. The van der Waals surface area contributed by atoms with Crippen LogP contribution in [0.15, 0.2) is 0 Å². The van der Waals surface area contributed by atoms with Crippen LogP contribution in [-0.2, 0) is 4.74 Å². The minimum absolute atomic E-state index is 0.111. The van der Waals surface area contributed by atoms with E-state index in [0.29, 0.717) is 11.7 Å². The number of aliphatic hydroxyl groups is 1. The van der Waals surface area contributed by atoms with E-state index in [2.05, 4.69) is 15.0 Å². The molecule has 1 aromatic rings. The highest BCUT2D eigenvalue weighted by Gasteiger charge is 2.17. The number of esters is 1. The molecule has 0 saturated carbocycles. The summed E-state index contributed by atoms with van der Waals surface area (Å²) < 4.78 is 4.53. The average Bonchev–Trinajstić information content (AvgIpc) is 2.55. The van der Waals surface area contributed by atoms with E-state index >= 15 is 0 Å². The number of hydrogen-bond acceptors (Lipinski definition) is 6. The van der Waals surface area contributed by atoms with Crippen molar-refractivity contribution < 1.29 is 14.6 Å². The van der Waals surface area contributed by atoms with Gasteiger partial charge in [0.15, 0.2) is 15.2 Å². The van der Waals surface area contributed by atoms with Gasteiger partial charge in [-0.15, -0.1) is 0 Å². The van der Waals surface area contributed by atoms with Crippen LogP contribution in [0.1, 0.15) is 16.6 Å². The first-order valence-corrected chi connectivity index (χ1v) is 5.40. The van der Waals surface area contributed by atoms with Gasteiger partial charge < -0.3 is 15.2 Å². The van der Waals surface area contributed by atoms with Crippen molar-refractivity contribution in [3.63, 3.8) is 0 Å². The first-order valence-electron chi connectivity index (χ1n) is 4.21. The monoisotopic (exact) mass is 250 g/mol. The van der Waals surface area contributed by atoms with Gasteiger partial charge in [0.1, 0.15) is 0 Å². The van der Waals surface area contributed by atoms with E-state index in [-0.39, 0.29) is 10.0 Å². The summed E-state index contributed by atoms with van der Waals surface area (Å²) in [5.74, 6) is -0.511. The lowest BCUT2D eigenvalue weighted by molar-refractivity contribution is 0.0606. The number of nitrogens with zero attached hydrogens (tertiary/aromatic N) is 1. The quantitative estimate of drug-likeness (QED) is 0.790. The molecule has 0 bridgehead atoms. The van der Waals surface area contributed by atoms with Crippen LogP contribution in [0, 0.1) is 0 Å². The Kier molecular flexibility index (Phi) is 4.31. The van der Waals surface area contributed by atoms with Crippen molar-refractivity contribution >= 4 is 34.0 Å². The zero-order chi connectivity index (χ0) is 11.4. The van der Waals surface area contributed by atoms with E-state index in [1.54, 1.807) is 6.92 Å². The van der Waals surface area contributed by atoms with Gasteiger partial charge >= 0.3 is 5.97 Å². The number of rotatable bonds is 4. The highest BCUT2D eigenvalue weighted by atomic mass is 35.5. The molecule has 0 aromatic carbocycles. The normalized spacial score (nSPS) is 12.3. The molecular formula is C8H11ClN2O3S. The van der Waals surface area contributed by atoms with Crippen molar-refractivity contribution in [1.82, 2.24) is 4.98 Å². The maximum atomic E-state index is 11.2. The minimum Gasteiger partial charge on any atom is -0.465 e. The number of hydrogen-bond donors (Lipinski definition) is 2. The summed E-state index contributed by atoms with van der Waals surface area (Å²) >= 11 is 6.82. The standard InChI is InChI=1S/C8H11ClN2O3S/c1-4(12)3-10-8-11-6(9)5(15-8)7(13)14-2/h4,12H,3H2,1-2H3,(H,10,11). The van der Waals surface area contributed by atoms with E-state index in [9.17, 15) is 4.79 Å². The molecule has 0 radical (unpaired) electrons. The largest absolute Gasteiger partial charge is 0.465 e. The summed E-state index contributed by atoms with van der Waals surface area (Å²) in [6, 6.07) is 0. The molecule has 0 aliphatic rings. The van der Waals surface area contributed by atoms with Gasteiger partial charge in [0.25, 0.3) is 0 Å². The molecule has 5 nitrogen and oxygen atoms in total. The van der Waals surface area contributed by atoms with Crippen molar-refractivity contribution in [1.29, 1.82) is 0 Å². The van der Waals surface area contributed by atoms with Crippen LogP contribution in [0.25, 0.3) is 0 Å². The highest BCUT2D eigenvalue weighted by Crippen LogP contribution is 2.27. The molecule has 1 rings (SSSR count). The van der Waals surface area contributed by atoms with E-state index in [4.69, 9.17) is 16.7 Å². The maximum absolute atomic E-state index is 11.2. The van der Waals surface area contributed by atoms with Crippen LogP contribution >= 0.6 is 22.9 Å². The molecule has 0 saturated heterocycles. The first kappa shape index (κ1) is 12.2. The number of nitrogens with one attached hydrogen (secondary N) is 1. The Bertz CT molecular complexity index is 354. The number of methoxy groups -OCH3 is 1. The number of aliphatic hydroxyl groups excluding tert-OH is 1. The molecule has 0 fully saturated rings. The fourth-order valence-corrected chi connectivity index (χ4v) is 1.94. The maximum Gasteiger partial charge on any atom is 0.351 e. The van der Waals surface area contributed by atoms with E-state index in [0.717, 1.165) is 11.3 Å². The van der Waals surface area contributed by atoms with Crippen molar-refractivity contribution in [2.24, 2.45) is 0 Å². The summed E-state index contributed by atoms with van der Waals surface area (Å²) in [5.41, 5.74) is 0. The number of aromatic nitrogens is 1. The Balaban J connectivity index is 2.72. The van der Waals surface area contributed by atoms with Crippen LogP contribution in [-0.4, -0.2) is 35.8 Å². The van der Waals surface area contributed by atoms with Crippen molar-refractivity contribution in [2.45, 2.75) is 13.0 Å². The van der Waals surface area contributed by atoms with Crippen LogP contribution in [0.3, 0.4) is 0 Å². The summed E-state index contributed by atoms with van der Waals surface area (Å²) in [4.78, 5) is 15.3. The smallest absolute Gasteiger partial charge is 0.351 e. The number of thiazole rings is 1. The van der Waals surface area contributed by atoms with Gasteiger partial charge in [0.05, 0.1) is 13.2 Å². The van der Waals surface area contributed by atoms with Gasteiger partial charge in [-0.2, -0.15) is 0 Å². The van der Waals surface area contributed by atoms with Gasteiger partial charge in [-0.1, -0.05) is 22.9 Å². The molecule has 2 N–H and O–H groups in total. The first-order chi connectivity index (χ1) is 7.04. The van der Waals surface area contributed by atoms with Gasteiger partial charge in [-0.05, 0) is 6.92 Å². The van der Waals surface area contributed by atoms with Gasteiger partial charge in [-0.25, -0.2) is 9.78 Å². The lowest BCUT2D eigenvalue weighted by atomic mass is 10.4. The molecule has 1 unspecified atom stereocenters. The molecule has 1 aromatic heterocycles. The average molecular weight is 251 g/mol. The molecule has 84 valence electrons. The predicted molar refractivity (Wildman–Crippen MR) is 58.6 cm³/mol. The summed E-state index contributed by atoms with van der Waals surface area (Å²) in [6.45, 7) is 1.99. The topological polar surface area (TPSA) is 71.5 Å². The Labute approximate surface area is 96.0 Å².